The molecule has 0 aliphatic heterocycles. The van der Waals surface area contributed by atoms with Crippen molar-refractivity contribution in [2.75, 3.05) is 0 Å². The van der Waals surface area contributed by atoms with Crippen molar-refractivity contribution in [2.24, 2.45) is 5.92 Å². The highest BCUT2D eigenvalue weighted by Crippen LogP contribution is 2.26. The molecule has 0 fully saturated rings. The number of ether oxygens (including phenoxy) is 1. The van der Waals surface area contributed by atoms with Crippen molar-refractivity contribution in [1.82, 2.24) is 0 Å². The standard InChI is InChI=1S/C14H28O3/c1-7-8-9-10-14(6,16)11(2)12(15)17-13(3,4)5/h11,16H,7-10H2,1-6H3. The van der Waals surface area contributed by atoms with Gasteiger partial charge in [0.15, 0.2) is 0 Å². The third-order valence-corrected chi connectivity index (χ3v) is 2.98. The van der Waals surface area contributed by atoms with Crippen molar-refractivity contribution in [3.05, 3.63) is 0 Å². The third kappa shape index (κ3) is 6.67. The molecular formula is C14H28O3. The molecule has 0 saturated heterocycles. The van der Waals surface area contributed by atoms with Crippen LogP contribution in [0.2, 0.25) is 0 Å². The normalized spacial score (nSPS) is 17.4. The Morgan fingerprint density at radius 2 is 1.76 bits per heavy atom. The highest BCUT2D eigenvalue weighted by Gasteiger charge is 2.35. The van der Waals surface area contributed by atoms with E-state index in [-0.39, 0.29) is 5.97 Å². The van der Waals surface area contributed by atoms with Gasteiger partial charge in [-0.2, -0.15) is 0 Å². The van der Waals surface area contributed by atoms with Gasteiger partial charge in [-0.05, 0) is 41.0 Å². The minimum Gasteiger partial charge on any atom is -0.460 e. The lowest BCUT2D eigenvalue weighted by molar-refractivity contribution is -0.168. The second-order valence-corrected chi connectivity index (χ2v) is 6.07. The number of esters is 1. The quantitative estimate of drug-likeness (QED) is 0.576. The van der Waals surface area contributed by atoms with Gasteiger partial charge < -0.3 is 9.84 Å². The molecule has 0 aromatic heterocycles. The lowest BCUT2D eigenvalue weighted by Gasteiger charge is -2.31. The second-order valence-electron chi connectivity index (χ2n) is 6.07. The van der Waals surface area contributed by atoms with E-state index in [0.717, 1.165) is 19.3 Å². The Kier molecular flexibility index (Phi) is 6.17. The zero-order valence-electron chi connectivity index (χ0n) is 12.2. The van der Waals surface area contributed by atoms with E-state index in [2.05, 4.69) is 6.92 Å². The SMILES string of the molecule is CCCCCC(C)(O)C(C)C(=O)OC(C)(C)C. The van der Waals surface area contributed by atoms with Crippen LogP contribution in [0.15, 0.2) is 0 Å². The summed E-state index contributed by atoms with van der Waals surface area (Å²) in [5, 5.41) is 10.3. The highest BCUT2D eigenvalue weighted by atomic mass is 16.6. The third-order valence-electron chi connectivity index (χ3n) is 2.98. The Hall–Kier alpha value is -0.570. The van der Waals surface area contributed by atoms with Crippen molar-refractivity contribution in [2.45, 2.75) is 78.4 Å². The van der Waals surface area contributed by atoms with Crippen molar-refractivity contribution in [1.29, 1.82) is 0 Å². The van der Waals surface area contributed by atoms with Crippen molar-refractivity contribution < 1.29 is 14.6 Å². The average molecular weight is 244 g/mol. The Morgan fingerprint density at radius 3 is 2.18 bits per heavy atom. The largest absolute Gasteiger partial charge is 0.460 e. The first-order valence-corrected chi connectivity index (χ1v) is 6.55. The van der Waals surface area contributed by atoms with Gasteiger partial charge in [0.25, 0.3) is 0 Å². The van der Waals surface area contributed by atoms with Crippen LogP contribution in [0.5, 0.6) is 0 Å². The molecule has 0 radical (unpaired) electrons. The number of rotatable bonds is 6. The summed E-state index contributed by atoms with van der Waals surface area (Å²) in [5.41, 5.74) is -1.47. The van der Waals surface area contributed by atoms with E-state index in [4.69, 9.17) is 4.74 Å². The van der Waals surface area contributed by atoms with E-state index in [9.17, 15) is 9.90 Å². The average Bonchev–Trinajstić information content (AvgIpc) is 2.14. The molecule has 0 saturated carbocycles. The van der Waals surface area contributed by atoms with Gasteiger partial charge in [-0.15, -0.1) is 0 Å². The predicted molar refractivity (Wildman–Crippen MR) is 69.8 cm³/mol. The van der Waals surface area contributed by atoms with E-state index in [1.807, 2.05) is 20.8 Å². The van der Waals surface area contributed by atoms with Crippen LogP contribution < -0.4 is 0 Å². The Balaban J connectivity index is 4.35. The number of carbonyl (C=O) groups is 1. The van der Waals surface area contributed by atoms with Crippen LogP contribution in [0, 0.1) is 5.92 Å². The molecule has 2 atom stereocenters. The topological polar surface area (TPSA) is 46.5 Å². The van der Waals surface area contributed by atoms with Gasteiger partial charge in [-0.25, -0.2) is 0 Å². The van der Waals surface area contributed by atoms with E-state index in [0.29, 0.717) is 6.42 Å². The summed E-state index contributed by atoms with van der Waals surface area (Å²) in [4.78, 5) is 11.9. The summed E-state index contributed by atoms with van der Waals surface area (Å²) in [6.45, 7) is 11.1. The minimum absolute atomic E-state index is 0.320. The smallest absolute Gasteiger partial charge is 0.312 e. The molecule has 2 unspecified atom stereocenters. The maximum absolute atomic E-state index is 11.9. The molecule has 0 aromatic rings. The van der Waals surface area contributed by atoms with E-state index >= 15 is 0 Å². The molecule has 0 aromatic carbocycles. The fraction of sp³-hybridized carbons (Fsp3) is 0.929. The molecule has 0 aliphatic carbocycles. The number of aliphatic hydroxyl groups is 1. The van der Waals surface area contributed by atoms with Crippen LogP contribution in [-0.4, -0.2) is 22.3 Å². The van der Waals surface area contributed by atoms with Gasteiger partial charge >= 0.3 is 5.97 Å². The van der Waals surface area contributed by atoms with Crippen LogP contribution in [-0.2, 0) is 9.53 Å². The van der Waals surface area contributed by atoms with Crippen molar-refractivity contribution in [3.8, 4) is 0 Å². The maximum atomic E-state index is 11.9. The Labute approximate surface area is 106 Å². The molecule has 102 valence electrons. The van der Waals surface area contributed by atoms with E-state index < -0.39 is 17.1 Å². The zero-order valence-corrected chi connectivity index (χ0v) is 12.2. The lowest BCUT2D eigenvalue weighted by Crippen LogP contribution is -2.41. The fourth-order valence-electron chi connectivity index (χ4n) is 1.59. The van der Waals surface area contributed by atoms with E-state index in [1.165, 1.54) is 0 Å². The molecule has 3 heteroatoms. The van der Waals surface area contributed by atoms with Gasteiger partial charge in [-0.3, -0.25) is 4.79 Å². The molecule has 17 heavy (non-hydrogen) atoms. The Morgan fingerprint density at radius 1 is 1.24 bits per heavy atom. The van der Waals surface area contributed by atoms with Gasteiger partial charge in [0, 0.05) is 0 Å². The molecule has 0 heterocycles. The van der Waals surface area contributed by atoms with Crippen LogP contribution in [0.25, 0.3) is 0 Å². The molecule has 0 rings (SSSR count). The number of hydrogen-bond acceptors (Lipinski definition) is 3. The molecule has 0 spiro atoms. The molecule has 1 N–H and O–H groups in total. The van der Waals surface area contributed by atoms with Crippen molar-refractivity contribution in [3.63, 3.8) is 0 Å². The fourth-order valence-corrected chi connectivity index (χ4v) is 1.59. The van der Waals surface area contributed by atoms with Crippen LogP contribution in [0.1, 0.15) is 67.2 Å². The first kappa shape index (κ1) is 16.4. The predicted octanol–water partition coefficient (Wildman–Crippen LogP) is 3.30. The molecule has 0 bridgehead atoms. The van der Waals surface area contributed by atoms with E-state index in [1.54, 1.807) is 13.8 Å². The number of hydrogen-bond donors (Lipinski definition) is 1. The zero-order chi connectivity index (χ0) is 13.7. The summed E-state index contributed by atoms with van der Waals surface area (Å²) in [6, 6.07) is 0. The van der Waals surface area contributed by atoms with Crippen molar-refractivity contribution >= 4 is 5.97 Å². The Bertz CT molecular complexity index is 238. The highest BCUT2D eigenvalue weighted by molar-refractivity contribution is 5.73. The number of carbonyl (C=O) groups excluding carboxylic acids is 1. The van der Waals surface area contributed by atoms with Gasteiger partial charge in [-0.1, -0.05) is 26.2 Å². The lowest BCUT2D eigenvalue weighted by atomic mass is 9.86. The first-order valence-electron chi connectivity index (χ1n) is 6.55. The molecule has 0 aliphatic rings. The molecule has 0 amide bonds. The van der Waals surface area contributed by atoms with Gasteiger partial charge in [0.05, 0.1) is 11.5 Å². The summed E-state index contributed by atoms with van der Waals surface area (Å²) in [7, 11) is 0. The van der Waals surface area contributed by atoms with Gasteiger partial charge in [0.1, 0.15) is 5.60 Å². The summed E-state index contributed by atoms with van der Waals surface area (Å²) in [5.74, 6) is -0.808. The second kappa shape index (κ2) is 6.39. The minimum atomic E-state index is -0.975. The molecular weight excluding hydrogens is 216 g/mol. The van der Waals surface area contributed by atoms with Crippen LogP contribution in [0.3, 0.4) is 0 Å². The summed E-state index contributed by atoms with van der Waals surface area (Å²) >= 11 is 0. The van der Waals surface area contributed by atoms with Crippen LogP contribution in [0.4, 0.5) is 0 Å². The van der Waals surface area contributed by atoms with Gasteiger partial charge in [0.2, 0.25) is 0 Å². The first-order chi connectivity index (χ1) is 7.60. The summed E-state index contributed by atoms with van der Waals surface area (Å²) < 4.78 is 5.29. The maximum Gasteiger partial charge on any atom is 0.312 e. The summed E-state index contributed by atoms with van der Waals surface area (Å²) in [6.07, 6.45) is 3.77. The number of unbranched alkanes of at least 4 members (excludes halogenated alkanes) is 2. The monoisotopic (exact) mass is 244 g/mol. The molecule has 3 nitrogen and oxygen atoms in total. The van der Waals surface area contributed by atoms with Crippen LogP contribution >= 0.6 is 0 Å².